The highest BCUT2D eigenvalue weighted by Gasteiger charge is 2.10. The van der Waals surface area contributed by atoms with Crippen LogP contribution in [0.25, 0.3) is 0 Å². The fourth-order valence-electron chi connectivity index (χ4n) is 1.54. The number of para-hydroxylation sites is 1. The van der Waals surface area contributed by atoms with E-state index < -0.39 is 0 Å². The molecule has 2 nitrogen and oxygen atoms in total. The van der Waals surface area contributed by atoms with Crippen LogP contribution in [0.4, 0.5) is 5.69 Å². The van der Waals surface area contributed by atoms with Crippen molar-refractivity contribution in [1.82, 2.24) is 5.32 Å². The number of nitrogens with zero attached hydrogens (tertiary/aromatic N) is 1. The third-order valence-electron chi connectivity index (χ3n) is 2.30. The van der Waals surface area contributed by atoms with Gasteiger partial charge in [-0.25, -0.2) is 0 Å². The molecular formula is C12H18N2S. The molecule has 15 heavy (non-hydrogen) atoms. The molecule has 1 aromatic carbocycles. The molecule has 0 unspecified atom stereocenters. The number of anilines is 1. The van der Waals surface area contributed by atoms with Crippen LogP contribution >= 0.6 is 12.2 Å². The molecule has 0 saturated heterocycles. The molecule has 1 N–H and O–H groups in total. The lowest BCUT2D eigenvalue weighted by Crippen LogP contribution is -2.39. The Bertz CT molecular complexity index is 336. The predicted molar refractivity (Wildman–Crippen MR) is 70.5 cm³/mol. The van der Waals surface area contributed by atoms with Crippen LogP contribution in [0.2, 0.25) is 0 Å². The zero-order valence-electron chi connectivity index (χ0n) is 9.58. The minimum Gasteiger partial charge on any atom is -0.363 e. The van der Waals surface area contributed by atoms with Gasteiger partial charge in [-0.05, 0) is 44.6 Å². The van der Waals surface area contributed by atoms with Crippen LogP contribution in [-0.2, 0) is 0 Å². The van der Waals surface area contributed by atoms with Crippen molar-refractivity contribution < 1.29 is 0 Å². The maximum atomic E-state index is 5.33. The molecule has 0 aliphatic carbocycles. The lowest BCUT2D eigenvalue weighted by atomic mass is 10.2. The number of benzene rings is 1. The summed E-state index contributed by atoms with van der Waals surface area (Å²) < 4.78 is 0. The van der Waals surface area contributed by atoms with E-state index in [4.69, 9.17) is 12.2 Å². The molecule has 0 saturated carbocycles. The molecule has 0 aliphatic rings. The third-order valence-corrected chi connectivity index (χ3v) is 2.66. The van der Waals surface area contributed by atoms with Crippen LogP contribution in [0.3, 0.4) is 0 Å². The lowest BCUT2D eigenvalue weighted by Gasteiger charge is -2.25. The molecule has 0 spiro atoms. The summed E-state index contributed by atoms with van der Waals surface area (Å²) in [6, 6.07) is 8.29. The topological polar surface area (TPSA) is 15.3 Å². The number of rotatable bonds is 3. The second-order valence-electron chi connectivity index (χ2n) is 3.37. The van der Waals surface area contributed by atoms with Crippen LogP contribution in [-0.4, -0.2) is 18.2 Å². The predicted octanol–water partition coefficient (Wildman–Crippen LogP) is 2.72. The Balaban J connectivity index is 2.92. The standard InChI is InChI=1S/C12H18N2S/c1-4-13-12(15)14(5-2)11-9-7-6-8-10(11)3/h6-9H,4-5H2,1-3H3,(H,13,15). The molecule has 82 valence electrons. The van der Waals surface area contributed by atoms with E-state index in [9.17, 15) is 0 Å². The molecular weight excluding hydrogens is 204 g/mol. The first kappa shape index (κ1) is 12.0. The molecule has 0 aliphatic heterocycles. The van der Waals surface area contributed by atoms with Crippen molar-refractivity contribution in [3.05, 3.63) is 29.8 Å². The molecule has 0 atom stereocenters. The van der Waals surface area contributed by atoms with Crippen molar-refractivity contribution in [2.75, 3.05) is 18.0 Å². The van der Waals surface area contributed by atoms with Crippen LogP contribution < -0.4 is 10.2 Å². The van der Waals surface area contributed by atoms with Crippen LogP contribution in [0.15, 0.2) is 24.3 Å². The number of aryl methyl sites for hydroxylation is 1. The Morgan fingerprint density at radius 1 is 1.33 bits per heavy atom. The van der Waals surface area contributed by atoms with Gasteiger partial charge in [-0.2, -0.15) is 0 Å². The molecule has 0 radical (unpaired) electrons. The quantitative estimate of drug-likeness (QED) is 0.792. The number of nitrogens with one attached hydrogen (secondary N) is 1. The van der Waals surface area contributed by atoms with E-state index >= 15 is 0 Å². The summed E-state index contributed by atoms with van der Waals surface area (Å²) in [6.45, 7) is 8.01. The molecule has 1 rings (SSSR count). The highest BCUT2D eigenvalue weighted by Crippen LogP contribution is 2.19. The first-order chi connectivity index (χ1) is 7.20. The molecule has 0 amide bonds. The minimum absolute atomic E-state index is 0.800. The van der Waals surface area contributed by atoms with Gasteiger partial charge in [-0.1, -0.05) is 18.2 Å². The van der Waals surface area contributed by atoms with Gasteiger partial charge in [-0.15, -0.1) is 0 Å². The first-order valence-electron chi connectivity index (χ1n) is 5.31. The zero-order valence-corrected chi connectivity index (χ0v) is 10.4. The average Bonchev–Trinajstić information content (AvgIpc) is 2.22. The van der Waals surface area contributed by atoms with E-state index in [1.165, 1.54) is 11.3 Å². The van der Waals surface area contributed by atoms with Crippen molar-refractivity contribution >= 4 is 23.0 Å². The summed E-state index contributed by atoms with van der Waals surface area (Å²) in [4.78, 5) is 2.12. The number of thiocarbonyl (C=S) groups is 1. The van der Waals surface area contributed by atoms with Gasteiger partial charge in [-0.3, -0.25) is 0 Å². The Hall–Kier alpha value is -1.09. The van der Waals surface area contributed by atoms with Crippen LogP contribution in [0.5, 0.6) is 0 Å². The van der Waals surface area contributed by atoms with Gasteiger partial charge < -0.3 is 10.2 Å². The SMILES string of the molecule is CCNC(=S)N(CC)c1ccccc1C. The van der Waals surface area contributed by atoms with E-state index in [1.54, 1.807) is 0 Å². The molecule has 3 heteroatoms. The van der Waals surface area contributed by atoms with Crippen molar-refractivity contribution in [2.24, 2.45) is 0 Å². The summed E-state index contributed by atoms with van der Waals surface area (Å²) in [7, 11) is 0. The smallest absolute Gasteiger partial charge is 0.173 e. The van der Waals surface area contributed by atoms with E-state index in [0.29, 0.717) is 0 Å². The highest BCUT2D eigenvalue weighted by molar-refractivity contribution is 7.80. The highest BCUT2D eigenvalue weighted by atomic mass is 32.1. The largest absolute Gasteiger partial charge is 0.363 e. The molecule has 0 fully saturated rings. The number of hydrogen-bond acceptors (Lipinski definition) is 1. The normalized spacial score (nSPS) is 9.80. The Morgan fingerprint density at radius 3 is 2.53 bits per heavy atom. The number of hydrogen-bond donors (Lipinski definition) is 1. The van der Waals surface area contributed by atoms with Gasteiger partial charge in [0.25, 0.3) is 0 Å². The summed E-state index contributed by atoms with van der Waals surface area (Å²) in [6.07, 6.45) is 0. The Kier molecular flexibility index (Phi) is 4.56. The molecule has 0 bridgehead atoms. The van der Waals surface area contributed by atoms with Gasteiger partial charge in [0, 0.05) is 18.8 Å². The second kappa shape index (κ2) is 5.71. The minimum atomic E-state index is 0.800. The van der Waals surface area contributed by atoms with E-state index in [-0.39, 0.29) is 0 Å². The van der Waals surface area contributed by atoms with Gasteiger partial charge in [0.1, 0.15) is 0 Å². The van der Waals surface area contributed by atoms with Crippen LogP contribution in [0.1, 0.15) is 19.4 Å². The zero-order chi connectivity index (χ0) is 11.3. The van der Waals surface area contributed by atoms with Crippen LogP contribution in [0, 0.1) is 6.92 Å². The van der Waals surface area contributed by atoms with Gasteiger partial charge in [0.15, 0.2) is 5.11 Å². The summed E-state index contributed by atoms with van der Waals surface area (Å²) >= 11 is 5.33. The fraction of sp³-hybridized carbons (Fsp3) is 0.417. The second-order valence-corrected chi connectivity index (χ2v) is 3.75. The van der Waals surface area contributed by atoms with Crippen molar-refractivity contribution in [1.29, 1.82) is 0 Å². The van der Waals surface area contributed by atoms with E-state index in [1.807, 2.05) is 12.1 Å². The van der Waals surface area contributed by atoms with Gasteiger partial charge >= 0.3 is 0 Å². The van der Waals surface area contributed by atoms with Gasteiger partial charge in [0.05, 0.1) is 0 Å². The van der Waals surface area contributed by atoms with E-state index in [2.05, 4.69) is 43.1 Å². The van der Waals surface area contributed by atoms with Gasteiger partial charge in [0.2, 0.25) is 0 Å². The average molecular weight is 222 g/mol. The molecule has 1 aromatic rings. The Labute approximate surface area is 97.3 Å². The lowest BCUT2D eigenvalue weighted by molar-refractivity contribution is 0.926. The third kappa shape index (κ3) is 2.93. The van der Waals surface area contributed by atoms with Crippen molar-refractivity contribution in [2.45, 2.75) is 20.8 Å². The summed E-state index contributed by atoms with van der Waals surface area (Å²) in [5.41, 5.74) is 2.44. The fourth-order valence-corrected chi connectivity index (χ4v) is 1.91. The first-order valence-corrected chi connectivity index (χ1v) is 5.72. The summed E-state index contributed by atoms with van der Waals surface area (Å²) in [5.74, 6) is 0. The van der Waals surface area contributed by atoms with E-state index in [0.717, 1.165) is 18.2 Å². The monoisotopic (exact) mass is 222 g/mol. The Morgan fingerprint density at radius 2 is 2.00 bits per heavy atom. The molecule has 0 heterocycles. The van der Waals surface area contributed by atoms with Crippen molar-refractivity contribution in [3.8, 4) is 0 Å². The maximum absolute atomic E-state index is 5.33. The molecule has 0 aromatic heterocycles. The van der Waals surface area contributed by atoms with Crippen molar-refractivity contribution in [3.63, 3.8) is 0 Å². The summed E-state index contributed by atoms with van der Waals surface area (Å²) in [5, 5.41) is 3.98. The maximum Gasteiger partial charge on any atom is 0.173 e.